The number of primary amides is 3. The molecule has 0 aromatic rings. The third-order valence-electron chi connectivity index (χ3n) is 22.4. The minimum Gasteiger partial charge on any atom is -0.394 e. The first-order valence-electron chi connectivity index (χ1n) is 45.2. The molecule has 0 aromatic heterocycles. The average molecular weight is 1920 g/mol. The molecule has 2 saturated heterocycles. The molecule has 2 rings (SSSR count). The van der Waals surface area contributed by atoms with E-state index in [1.54, 1.807) is 27.7 Å². The third kappa shape index (κ3) is 37.2. The summed E-state index contributed by atoms with van der Waals surface area (Å²) in [4.78, 5) is 314. The van der Waals surface area contributed by atoms with Crippen LogP contribution in [0, 0.1) is 17.8 Å². The van der Waals surface area contributed by atoms with Crippen LogP contribution < -0.4 is 113 Å². The number of hydrogen-bond acceptors (Lipinski definition) is 24. The predicted molar refractivity (Wildman–Crippen MR) is 491 cm³/mol. The zero-order valence-electron chi connectivity index (χ0n) is 83.3. The van der Waals surface area contributed by atoms with E-state index in [2.05, 4.69) is 95.7 Å². The van der Waals surface area contributed by atoms with E-state index in [9.17, 15) is 115 Å². The lowest BCUT2D eigenvalue weighted by Gasteiger charge is -2.36. The molecule has 135 heavy (non-hydrogen) atoms. The number of likely N-dealkylation sites (tertiary alicyclic amines) is 2. The number of hydrogen-bond donors (Lipinski definition) is 22. The van der Waals surface area contributed by atoms with Gasteiger partial charge in [-0.2, -0.15) is 0 Å². The van der Waals surface area contributed by atoms with Gasteiger partial charge >= 0.3 is 0 Å². The molecule has 2 aliphatic heterocycles. The van der Waals surface area contributed by atoms with E-state index in [4.69, 9.17) is 17.2 Å². The van der Waals surface area contributed by atoms with Gasteiger partial charge in [-0.25, -0.2) is 0 Å². The molecule has 25 N–H and O–H groups in total. The normalized spacial score (nSPS) is 16.2. The first-order chi connectivity index (χ1) is 61.5. The molecular formula is C88H151N23O24. The second-order valence-electron chi connectivity index (χ2n) is 40.7. The molecule has 2 fully saturated rings. The number of carbonyl (C=O) groups is 23. The number of nitrogens with one attached hydrogen (secondary N) is 18. The van der Waals surface area contributed by atoms with Crippen molar-refractivity contribution in [1.82, 2.24) is 106 Å². The van der Waals surface area contributed by atoms with E-state index in [0.29, 0.717) is 19.3 Å². The van der Waals surface area contributed by atoms with Gasteiger partial charge in [0.2, 0.25) is 136 Å². The zero-order chi connectivity index (χ0) is 104. The lowest BCUT2D eigenvalue weighted by atomic mass is 9.96. The van der Waals surface area contributed by atoms with Crippen molar-refractivity contribution in [3.8, 4) is 0 Å². The average Bonchev–Trinajstić information content (AvgIpc) is 1.72. The zero-order valence-corrected chi connectivity index (χ0v) is 83.3. The molecule has 2 heterocycles. The Kier molecular flexibility index (Phi) is 43.4. The molecule has 0 radical (unpaired) electrons. The van der Waals surface area contributed by atoms with Crippen LogP contribution in [-0.2, 0) is 110 Å². The van der Waals surface area contributed by atoms with Gasteiger partial charge in [0, 0.05) is 39.3 Å². The van der Waals surface area contributed by atoms with E-state index in [1.807, 2.05) is 13.8 Å². The van der Waals surface area contributed by atoms with E-state index < -0.39 is 284 Å². The van der Waals surface area contributed by atoms with Crippen molar-refractivity contribution in [2.45, 2.75) is 374 Å². The number of aliphatic hydroxyl groups excluding tert-OH is 1. The number of aliphatic hydroxyl groups is 1. The van der Waals surface area contributed by atoms with Gasteiger partial charge in [0.25, 0.3) is 0 Å². The summed E-state index contributed by atoms with van der Waals surface area (Å²) < 4.78 is 0. The molecule has 0 saturated carbocycles. The third-order valence-corrected chi connectivity index (χ3v) is 22.4. The fourth-order valence-corrected chi connectivity index (χ4v) is 14.2. The Balaban J connectivity index is 2.14. The Morgan fingerprint density at radius 2 is 0.667 bits per heavy atom. The molecule has 10 atom stereocenters. The molecule has 47 heteroatoms. The Bertz CT molecular complexity index is 4420. The summed E-state index contributed by atoms with van der Waals surface area (Å²) in [5, 5.41) is 55.6. The number of nitrogens with zero attached hydrogens (tertiary/aromatic N) is 2. The van der Waals surface area contributed by atoms with Gasteiger partial charge in [0.05, 0.1) is 19.2 Å². The standard InChI is InChI=1S/C88H151N23O24/c1-44(2)40-50(43-112)95-64(120)51(32-35-57(89)114)97-65(121)52(33-36-58(90)115)98-75(131)84(18,19)108-77(133)86(22,23)107-70(126)61(46(5)6)100-68(124)55-30-28-38-110(55)79(135)88(26,27)109-76(132)85(20,21)102-60(117)42-92-71(127)80(10,11)105-67(123)54(41-45(3)4)99-74(130)83(16,17)104-66(122)53(34-37-59(91)116)96-62(118)47(7)93-72(128)81(12,13)103-63(119)48(8)94-73(129)82(14,15)106-69(125)56-31-29-39-111(56)78(134)87(24,25)101-49(9)113/h44-48,50-56,61,112H,28-43H2,1-27H3,(H2,89,114)(H2,90,115)(H2,91,116)(H,92,127)(H,93,128)(H,94,129)(H,95,120)(H,96,118)(H,97,121)(H,98,131)(H,99,130)(H,100,124)(H,101,113)(H,102,117)(H,103,119)(H,104,122)(H,105,123)(H,106,125)(H,107,126)(H,108,133)(H,109,132)/t47-,48-,50-,51-,52-,53-,54-,55-,56-,61-/m0/s1. The lowest BCUT2D eigenvalue weighted by molar-refractivity contribution is -0.146. The van der Waals surface area contributed by atoms with Gasteiger partial charge in [-0.15, -0.1) is 0 Å². The van der Waals surface area contributed by atoms with Crippen molar-refractivity contribution in [3.05, 3.63) is 0 Å². The minimum atomic E-state index is -1.90. The number of rotatable bonds is 52. The monoisotopic (exact) mass is 1910 g/mol. The maximum Gasteiger partial charge on any atom is 0.248 e. The molecule has 23 amide bonds. The van der Waals surface area contributed by atoms with Gasteiger partial charge in [0.15, 0.2) is 0 Å². The quantitative estimate of drug-likeness (QED) is 0.0270. The molecular weight excluding hydrogens is 1760 g/mol. The Hall–Kier alpha value is -12.2. The highest BCUT2D eigenvalue weighted by Crippen LogP contribution is 2.27. The Morgan fingerprint density at radius 1 is 0.333 bits per heavy atom. The second-order valence-corrected chi connectivity index (χ2v) is 40.7. The van der Waals surface area contributed by atoms with Crippen LogP contribution in [0.25, 0.3) is 0 Å². The number of carbonyl (C=O) groups excluding carboxylic acids is 23. The van der Waals surface area contributed by atoms with Crippen molar-refractivity contribution in [2.24, 2.45) is 35.0 Å². The van der Waals surface area contributed by atoms with Gasteiger partial charge in [-0.05, 0) is 214 Å². The molecule has 2 aliphatic rings. The van der Waals surface area contributed by atoms with E-state index in [1.165, 1.54) is 155 Å². The van der Waals surface area contributed by atoms with Crippen molar-refractivity contribution in [2.75, 3.05) is 26.2 Å². The number of amides is 23. The van der Waals surface area contributed by atoms with Gasteiger partial charge in [-0.3, -0.25) is 110 Å². The molecule has 0 aromatic carbocycles. The SMILES string of the molecule is CC(=O)NC(C)(C)C(=O)N1CCC[C@H]1C(=O)NC(C)(C)C(=O)N[C@@H](C)C(=O)NC(C)(C)C(=O)N[C@@H](C)C(=O)N[C@@H](CCC(N)=O)C(=O)NC(C)(C)C(=O)N[C@@H](CC(C)C)C(=O)NC(C)(C)C(=O)NCC(=O)NC(C)(C)C(=O)NC(C)(C)C(=O)N1CCC[C@H]1C(=O)N[C@H](C(=O)NC(C)(C)C(=O)NC(C)(C)C(=O)N[C@@H](CCC(N)=O)C(=O)N[C@@H](CCC(N)=O)C(=O)N[C@H](CO)CC(C)C)C(C)C. The lowest BCUT2D eigenvalue weighted by Crippen LogP contribution is -2.66. The fourth-order valence-electron chi connectivity index (χ4n) is 14.2. The van der Waals surface area contributed by atoms with Crippen LogP contribution in [0.1, 0.15) is 264 Å². The van der Waals surface area contributed by atoms with Gasteiger partial charge < -0.3 is 128 Å². The smallest absolute Gasteiger partial charge is 0.248 e. The summed E-state index contributed by atoms with van der Waals surface area (Å²) in [6.45, 7) is 37.1. The van der Waals surface area contributed by atoms with Crippen LogP contribution in [0.4, 0.5) is 0 Å². The van der Waals surface area contributed by atoms with E-state index in [-0.39, 0.29) is 63.5 Å². The van der Waals surface area contributed by atoms with Gasteiger partial charge in [0.1, 0.15) is 104 Å². The molecule has 47 nitrogen and oxygen atoms in total. The fraction of sp³-hybridized carbons (Fsp3) is 0.739. The van der Waals surface area contributed by atoms with Crippen LogP contribution in [0.15, 0.2) is 0 Å². The molecule has 0 aliphatic carbocycles. The highest BCUT2D eigenvalue weighted by atomic mass is 16.3. The Morgan fingerprint density at radius 3 is 1.10 bits per heavy atom. The molecule has 762 valence electrons. The Labute approximate surface area is 788 Å². The molecule has 0 spiro atoms. The van der Waals surface area contributed by atoms with E-state index >= 15 is 0 Å². The highest BCUT2D eigenvalue weighted by molar-refractivity contribution is 6.05. The summed E-state index contributed by atoms with van der Waals surface area (Å²) in [6.07, 6.45) is -0.848. The topological polar surface area (TPSA) is 714 Å². The summed E-state index contributed by atoms with van der Waals surface area (Å²) in [5.74, 6) is -20.3. The summed E-state index contributed by atoms with van der Waals surface area (Å²) in [5.41, 5.74) is 0.391. The van der Waals surface area contributed by atoms with Crippen molar-refractivity contribution >= 4 is 136 Å². The maximum absolute atomic E-state index is 14.5. The predicted octanol–water partition coefficient (Wildman–Crippen LogP) is -5.39. The van der Waals surface area contributed by atoms with Crippen LogP contribution in [-0.4, -0.2) is 287 Å². The highest BCUT2D eigenvalue weighted by Gasteiger charge is 2.49. The van der Waals surface area contributed by atoms with Gasteiger partial charge in [-0.1, -0.05) is 41.5 Å². The summed E-state index contributed by atoms with van der Waals surface area (Å²) >= 11 is 0. The maximum atomic E-state index is 14.5. The van der Waals surface area contributed by atoms with Crippen molar-refractivity contribution < 1.29 is 115 Å². The van der Waals surface area contributed by atoms with Crippen LogP contribution in [0.5, 0.6) is 0 Å². The molecule has 0 bridgehead atoms. The summed E-state index contributed by atoms with van der Waals surface area (Å²) in [7, 11) is 0. The largest absolute Gasteiger partial charge is 0.394 e. The van der Waals surface area contributed by atoms with Crippen LogP contribution in [0.3, 0.4) is 0 Å². The van der Waals surface area contributed by atoms with Crippen LogP contribution in [0.2, 0.25) is 0 Å². The number of nitrogens with two attached hydrogens (primary N) is 3. The first kappa shape index (κ1) is 119. The van der Waals surface area contributed by atoms with Crippen molar-refractivity contribution in [1.29, 1.82) is 0 Å². The minimum absolute atomic E-state index is 0.0259. The molecule has 0 unspecified atom stereocenters. The van der Waals surface area contributed by atoms with Crippen molar-refractivity contribution in [3.63, 3.8) is 0 Å². The summed E-state index contributed by atoms with van der Waals surface area (Å²) in [6, 6.07) is -12.9. The second kappa shape index (κ2) is 49.3. The first-order valence-corrected chi connectivity index (χ1v) is 45.2. The van der Waals surface area contributed by atoms with E-state index in [0.717, 1.165) is 0 Å². The van der Waals surface area contributed by atoms with Crippen LogP contribution >= 0.6 is 0 Å².